The van der Waals surface area contributed by atoms with Gasteiger partial charge in [0, 0.05) is 5.56 Å². The molecular weight excluding hydrogens is 446 g/mol. The minimum absolute atomic E-state index is 0.0678. The van der Waals surface area contributed by atoms with Crippen LogP contribution in [0.2, 0.25) is 5.02 Å². The van der Waals surface area contributed by atoms with E-state index in [-0.39, 0.29) is 17.5 Å². The molecule has 2 aliphatic heterocycles. The van der Waals surface area contributed by atoms with Crippen LogP contribution in [-0.2, 0) is 9.47 Å². The number of aromatic amines is 1. The van der Waals surface area contributed by atoms with Crippen LogP contribution in [0, 0.1) is 0 Å². The topological polar surface area (TPSA) is 80.3 Å². The Labute approximate surface area is 194 Å². The average Bonchev–Trinajstić information content (AvgIpc) is 3.51. The number of aliphatic hydroxyl groups is 1. The van der Waals surface area contributed by atoms with Crippen molar-refractivity contribution in [2.75, 3.05) is 13.2 Å². The zero-order valence-corrected chi connectivity index (χ0v) is 18.5. The van der Waals surface area contributed by atoms with Crippen molar-refractivity contribution in [2.45, 2.75) is 28.7 Å². The Bertz CT molecular complexity index is 1260. The number of fused-ring (bicyclic) bond motifs is 2. The molecule has 2 aromatic carbocycles. The fraction of sp³-hybridized carbons (Fsp3) is 0.250. The molecule has 2 saturated heterocycles. The fourth-order valence-corrected chi connectivity index (χ4v) is 5.66. The van der Waals surface area contributed by atoms with Crippen LogP contribution in [-0.4, -0.2) is 56.8 Å². The van der Waals surface area contributed by atoms with Gasteiger partial charge >= 0.3 is 0 Å². The molecule has 32 heavy (non-hydrogen) atoms. The van der Waals surface area contributed by atoms with Crippen LogP contribution in [0.25, 0.3) is 33.5 Å². The van der Waals surface area contributed by atoms with Gasteiger partial charge in [-0.3, -0.25) is 0 Å². The Morgan fingerprint density at radius 3 is 2.44 bits per heavy atom. The van der Waals surface area contributed by atoms with Gasteiger partial charge in [0.1, 0.15) is 18.3 Å². The first kappa shape index (κ1) is 20.2. The van der Waals surface area contributed by atoms with Gasteiger partial charge in [-0.1, -0.05) is 78.0 Å². The Morgan fingerprint density at radius 1 is 0.906 bits per heavy atom. The van der Waals surface area contributed by atoms with Gasteiger partial charge in [0.15, 0.2) is 10.8 Å². The molecule has 2 N–H and O–H groups in total. The van der Waals surface area contributed by atoms with Crippen LogP contribution in [0.3, 0.4) is 0 Å². The Hall–Kier alpha value is -2.42. The number of thioether (sulfide) groups is 1. The highest BCUT2D eigenvalue weighted by Crippen LogP contribution is 2.37. The summed E-state index contributed by atoms with van der Waals surface area (Å²) in [5.41, 5.74) is 5.34. The summed E-state index contributed by atoms with van der Waals surface area (Å²) < 4.78 is 11.4. The molecule has 4 heterocycles. The summed E-state index contributed by atoms with van der Waals surface area (Å²) in [6, 6.07) is 20.3. The lowest BCUT2D eigenvalue weighted by molar-refractivity contribution is 0.0188. The van der Waals surface area contributed by atoms with Crippen molar-refractivity contribution >= 4 is 34.5 Å². The lowest BCUT2D eigenvalue weighted by atomic mass is 10.0. The first-order valence-electron chi connectivity index (χ1n) is 10.5. The van der Waals surface area contributed by atoms with Gasteiger partial charge in [-0.15, -0.1) is 0 Å². The van der Waals surface area contributed by atoms with E-state index in [0.29, 0.717) is 29.6 Å². The largest absolute Gasteiger partial charge is 0.388 e. The van der Waals surface area contributed by atoms with Gasteiger partial charge in [-0.05, 0) is 17.2 Å². The third kappa shape index (κ3) is 3.60. The highest BCUT2D eigenvalue weighted by Gasteiger charge is 2.47. The predicted molar refractivity (Wildman–Crippen MR) is 125 cm³/mol. The van der Waals surface area contributed by atoms with E-state index in [1.807, 2.05) is 36.4 Å². The number of hydrogen-bond acceptors (Lipinski definition) is 6. The standard InChI is InChI=1S/C24H20ClN3O3S/c25-16-10-17-23(28-24(26-17)32-19-12-31-21-18(29)11-30-22(19)21)27-20(16)15-8-6-14(7-9-15)13-4-2-1-3-5-13/h1-10,18-19,21-22,29H,11-12H2,(H,26,27,28)/t18-,19+,21-,22-/m1/s1. The molecule has 6 nitrogen and oxygen atoms in total. The number of aromatic nitrogens is 3. The molecule has 0 aliphatic carbocycles. The molecule has 6 rings (SSSR count). The highest BCUT2D eigenvalue weighted by molar-refractivity contribution is 7.99. The molecule has 0 radical (unpaired) electrons. The average molecular weight is 466 g/mol. The number of nitrogens with one attached hydrogen (secondary N) is 1. The molecule has 0 spiro atoms. The van der Waals surface area contributed by atoms with E-state index in [9.17, 15) is 5.11 Å². The van der Waals surface area contributed by atoms with E-state index in [4.69, 9.17) is 26.1 Å². The van der Waals surface area contributed by atoms with Crippen LogP contribution in [0.5, 0.6) is 0 Å². The lowest BCUT2D eigenvalue weighted by Crippen LogP contribution is -2.29. The number of halogens is 1. The molecule has 0 saturated carbocycles. The lowest BCUT2D eigenvalue weighted by Gasteiger charge is -2.13. The fourth-order valence-electron chi connectivity index (χ4n) is 4.29. The first-order chi connectivity index (χ1) is 15.7. The second-order valence-electron chi connectivity index (χ2n) is 7.99. The summed E-state index contributed by atoms with van der Waals surface area (Å²) in [7, 11) is 0. The van der Waals surface area contributed by atoms with E-state index >= 15 is 0 Å². The van der Waals surface area contributed by atoms with Crippen molar-refractivity contribution in [3.05, 3.63) is 65.7 Å². The Morgan fingerprint density at radius 2 is 1.62 bits per heavy atom. The number of benzene rings is 2. The van der Waals surface area contributed by atoms with Gasteiger partial charge in [0.2, 0.25) is 0 Å². The zero-order chi connectivity index (χ0) is 21.7. The third-order valence-corrected chi connectivity index (χ3v) is 7.33. The highest BCUT2D eigenvalue weighted by atomic mass is 35.5. The maximum absolute atomic E-state index is 9.94. The molecule has 0 unspecified atom stereocenters. The van der Waals surface area contributed by atoms with Crippen molar-refractivity contribution in [3.63, 3.8) is 0 Å². The molecule has 2 aromatic heterocycles. The number of imidazole rings is 1. The summed E-state index contributed by atoms with van der Waals surface area (Å²) in [4.78, 5) is 12.7. The van der Waals surface area contributed by atoms with E-state index in [1.165, 1.54) is 5.56 Å². The smallest absolute Gasteiger partial charge is 0.179 e. The summed E-state index contributed by atoms with van der Waals surface area (Å²) >= 11 is 8.13. The van der Waals surface area contributed by atoms with E-state index in [2.05, 4.69) is 34.2 Å². The van der Waals surface area contributed by atoms with Crippen molar-refractivity contribution in [3.8, 4) is 22.4 Å². The first-order valence-corrected chi connectivity index (χ1v) is 11.7. The molecule has 0 amide bonds. The zero-order valence-electron chi connectivity index (χ0n) is 16.9. The number of nitrogens with zero attached hydrogens (tertiary/aromatic N) is 2. The number of aliphatic hydroxyl groups excluding tert-OH is 1. The monoisotopic (exact) mass is 465 g/mol. The minimum atomic E-state index is -0.558. The summed E-state index contributed by atoms with van der Waals surface area (Å²) in [6.07, 6.45) is -0.939. The Balaban J connectivity index is 1.26. The van der Waals surface area contributed by atoms with Crippen LogP contribution in [0.4, 0.5) is 0 Å². The molecule has 4 atom stereocenters. The minimum Gasteiger partial charge on any atom is -0.388 e. The molecule has 162 valence electrons. The van der Waals surface area contributed by atoms with Crippen LogP contribution < -0.4 is 0 Å². The second-order valence-corrected chi connectivity index (χ2v) is 9.63. The summed E-state index contributed by atoms with van der Waals surface area (Å²) in [5.74, 6) is 0. The molecule has 0 bridgehead atoms. The number of pyridine rings is 1. The number of H-pyrrole nitrogens is 1. The number of hydrogen-bond donors (Lipinski definition) is 2. The van der Waals surface area contributed by atoms with Gasteiger partial charge in [-0.25, -0.2) is 9.97 Å². The van der Waals surface area contributed by atoms with Crippen molar-refractivity contribution in [2.24, 2.45) is 0 Å². The number of rotatable bonds is 4. The van der Waals surface area contributed by atoms with E-state index < -0.39 is 6.10 Å². The van der Waals surface area contributed by atoms with E-state index in [1.54, 1.807) is 11.8 Å². The number of ether oxygens (including phenoxy) is 2. The summed E-state index contributed by atoms with van der Waals surface area (Å²) in [6.45, 7) is 0.831. The normalized spacial score (nSPS) is 24.8. The summed E-state index contributed by atoms with van der Waals surface area (Å²) in [5, 5.41) is 11.3. The Kier molecular flexibility index (Phi) is 5.16. The second kappa shape index (κ2) is 8.17. The van der Waals surface area contributed by atoms with Crippen LogP contribution in [0.1, 0.15) is 0 Å². The maximum atomic E-state index is 9.94. The molecule has 2 fully saturated rings. The van der Waals surface area contributed by atoms with Crippen LogP contribution >= 0.6 is 23.4 Å². The maximum Gasteiger partial charge on any atom is 0.179 e. The quantitative estimate of drug-likeness (QED) is 0.459. The SMILES string of the molecule is O[C@@H]1CO[C@H]2[C@@H]1OC[C@@H]2Sc1nc2nc(-c3ccc(-c4ccccc4)cc3)c(Cl)cc2[nH]1. The van der Waals surface area contributed by atoms with Gasteiger partial charge in [0.05, 0.1) is 34.7 Å². The van der Waals surface area contributed by atoms with E-state index in [0.717, 1.165) is 21.8 Å². The molecule has 4 aromatic rings. The van der Waals surface area contributed by atoms with Gasteiger partial charge < -0.3 is 19.6 Å². The van der Waals surface area contributed by atoms with Crippen LogP contribution in [0.15, 0.2) is 65.8 Å². The van der Waals surface area contributed by atoms with Gasteiger partial charge in [-0.2, -0.15) is 0 Å². The molecule has 8 heteroatoms. The van der Waals surface area contributed by atoms with Crippen molar-refractivity contribution in [1.29, 1.82) is 0 Å². The van der Waals surface area contributed by atoms with Crippen molar-refractivity contribution in [1.82, 2.24) is 15.0 Å². The van der Waals surface area contributed by atoms with Gasteiger partial charge in [0.25, 0.3) is 0 Å². The third-order valence-electron chi connectivity index (χ3n) is 5.92. The predicted octanol–water partition coefficient (Wildman–Crippen LogP) is 4.56. The van der Waals surface area contributed by atoms with Crippen molar-refractivity contribution < 1.29 is 14.6 Å². The molecule has 2 aliphatic rings. The molecular formula is C24H20ClN3O3S.